The van der Waals surface area contributed by atoms with Gasteiger partial charge >= 0.3 is 0 Å². The number of nitrogens with one attached hydrogen (secondary N) is 1. The topological polar surface area (TPSA) is 61.8 Å². The van der Waals surface area contributed by atoms with Crippen LogP contribution in [-0.2, 0) is 0 Å². The van der Waals surface area contributed by atoms with E-state index in [2.05, 4.69) is 5.32 Å². The first kappa shape index (κ1) is 11.9. The number of hydrogen-bond acceptors (Lipinski definition) is 3. The number of nitriles is 1. The fraction of sp³-hybridized carbons (Fsp3) is 0.0714. The lowest BCUT2D eigenvalue weighted by molar-refractivity contribution is 0.627. The Morgan fingerprint density at radius 1 is 1.22 bits per heavy atom. The second-order valence-electron chi connectivity index (χ2n) is 3.95. The van der Waals surface area contributed by atoms with E-state index >= 15 is 0 Å². The number of rotatable bonds is 2. The van der Waals surface area contributed by atoms with Gasteiger partial charge in [0.1, 0.15) is 11.9 Å². The van der Waals surface area contributed by atoms with Gasteiger partial charge < -0.3 is 11.1 Å². The Morgan fingerprint density at radius 2 is 2.00 bits per heavy atom. The zero-order chi connectivity index (χ0) is 13.1. The van der Waals surface area contributed by atoms with Gasteiger partial charge in [0, 0.05) is 11.4 Å². The quantitative estimate of drug-likeness (QED) is 0.793. The van der Waals surface area contributed by atoms with Gasteiger partial charge in [-0.15, -0.1) is 0 Å². The zero-order valence-electron chi connectivity index (χ0n) is 9.87. The predicted octanol–water partition coefficient (Wildman–Crippen LogP) is 3.33. The summed E-state index contributed by atoms with van der Waals surface area (Å²) in [4.78, 5) is 0. The van der Waals surface area contributed by atoms with E-state index in [1.165, 1.54) is 18.2 Å². The van der Waals surface area contributed by atoms with E-state index in [4.69, 9.17) is 11.0 Å². The highest BCUT2D eigenvalue weighted by molar-refractivity contribution is 5.72. The number of nitrogens with two attached hydrogens (primary N) is 1. The standard InChI is InChI=1S/C14H12FN3/c1-9-12(17)3-2-4-13(9)18-14-6-5-11(15)7-10(14)8-16/h2-7,18H,17H2,1H3. The van der Waals surface area contributed by atoms with E-state index in [-0.39, 0.29) is 5.56 Å². The maximum absolute atomic E-state index is 13.0. The lowest BCUT2D eigenvalue weighted by Gasteiger charge is -2.12. The van der Waals surface area contributed by atoms with Crippen molar-refractivity contribution in [3.63, 3.8) is 0 Å². The number of nitrogens with zero attached hydrogens (tertiary/aromatic N) is 1. The van der Waals surface area contributed by atoms with E-state index in [1.54, 1.807) is 6.07 Å². The maximum atomic E-state index is 13.0. The number of nitrogen functional groups attached to an aromatic ring is 1. The van der Waals surface area contributed by atoms with Gasteiger partial charge in [0.2, 0.25) is 0 Å². The molecule has 0 bridgehead atoms. The van der Waals surface area contributed by atoms with Crippen molar-refractivity contribution in [3.05, 3.63) is 53.3 Å². The van der Waals surface area contributed by atoms with Crippen molar-refractivity contribution in [2.75, 3.05) is 11.1 Å². The molecule has 2 rings (SSSR count). The molecule has 4 heteroatoms. The van der Waals surface area contributed by atoms with Crippen molar-refractivity contribution in [1.82, 2.24) is 0 Å². The summed E-state index contributed by atoms with van der Waals surface area (Å²) in [5, 5.41) is 12.1. The lowest BCUT2D eigenvalue weighted by Crippen LogP contribution is -1.99. The van der Waals surface area contributed by atoms with Crippen LogP contribution in [0.3, 0.4) is 0 Å². The van der Waals surface area contributed by atoms with Crippen molar-refractivity contribution in [2.24, 2.45) is 0 Å². The number of hydrogen-bond donors (Lipinski definition) is 2. The molecule has 0 amide bonds. The van der Waals surface area contributed by atoms with Crippen LogP contribution in [0, 0.1) is 24.1 Å². The normalized spacial score (nSPS) is 9.83. The fourth-order valence-electron chi connectivity index (χ4n) is 1.65. The van der Waals surface area contributed by atoms with Gasteiger partial charge in [-0.05, 0) is 42.8 Å². The molecule has 0 radical (unpaired) electrons. The molecule has 3 nitrogen and oxygen atoms in total. The molecule has 0 heterocycles. The van der Waals surface area contributed by atoms with Gasteiger partial charge in [-0.2, -0.15) is 5.26 Å². The summed E-state index contributed by atoms with van der Waals surface area (Å²) in [5.74, 6) is -0.429. The minimum absolute atomic E-state index is 0.261. The van der Waals surface area contributed by atoms with Crippen molar-refractivity contribution in [3.8, 4) is 6.07 Å². The van der Waals surface area contributed by atoms with Crippen LogP contribution in [0.5, 0.6) is 0 Å². The third-order valence-electron chi connectivity index (χ3n) is 2.75. The molecule has 2 aromatic rings. The molecule has 0 saturated carbocycles. The van der Waals surface area contributed by atoms with Crippen LogP contribution in [0.25, 0.3) is 0 Å². The molecule has 0 saturated heterocycles. The van der Waals surface area contributed by atoms with Crippen LogP contribution in [0.2, 0.25) is 0 Å². The maximum Gasteiger partial charge on any atom is 0.124 e. The lowest BCUT2D eigenvalue weighted by atomic mass is 10.1. The first-order valence-electron chi connectivity index (χ1n) is 5.43. The van der Waals surface area contributed by atoms with Gasteiger partial charge in [0.05, 0.1) is 11.3 Å². The number of benzene rings is 2. The Hall–Kier alpha value is -2.54. The number of halogens is 1. The largest absolute Gasteiger partial charge is 0.398 e. The van der Waals surface area contributed by atoms with Crippen LogP contribution in [-0.4, -0.2) is 0 Å². The highest BCUT2D eigenvalue weighted by Crippen LogP contribution is 2.26. The molecule has 3 N–H and O–H groups in total. The summed E-state index contributed by atoms with van der Waals surface area (Å²) < 4.78 is 13.0. The second kappa shape index (κ2) is 4.76. The molecular weight excluding hydrogens is 229 g/mol. The first-order valence-corrected chi connectivity index (χ1v) is 5.43. The van der Waals surface area contributed by atoms with Crippen LogP contribution >= 0.6 is 0 Å². The second-order valence-corrected chi connectivity index (χ2v) is 3.95. The highest BCUT2D eigenvalue weighted by Gasteiger charge is 2.06. The van der Waals surface area contributed by atoms with E-state index in [0.717, 1.165) is 11.3 Å². The molecule has 0 unspecified atom stereocenters. The molecule has 0 aliphatic rings. The molecule has 0 fully saturated rings. The Morgan fingerprint density at radius 3 is 2.72 bits per heavy atom. The molecular formula is C14H12FN3. The van der Waals surface area contributed by atoms with Crippen LogP contribution < -0.4 is 11.1 Å². The van der Waals surface area contributed by atoms with Gasteiger partial charge in [0.15, 0.2) is 0 Å². The summed E-state index contributed by atoms with van der Waals surface area (Å²) in [6, 6.07) is 11.5. The monoisotopic (exact) mass is 241 g/mol. The molecule has 0 aliphatic heterocycles. The first-order chi connectivity index (χ1) is 8.61. The van der Waals surface area contributed by atoms with Gasteiger partial charge in [0.25, 0.3) is 0 Å². The van der Waals surface area contributed by atoms with Gasteiger partial charge in [-0.25, -0.2) is 4.39 Å². The zero-order valence-corrected chi connectivity index (χ0v) is 9.87. The molecule has 0 aromatic heterocycles. The van der Waals surface area contributed by atoms with Crippen molar-refractivity contribution in [1.29, 1.82) is 5.26 Å². The predicted molar refractivity (Wildman–Crippen MR) is 70.0 cm³/mol. The van der Waals surface area contributed by atoms with E-state index in [0.29, 0.717) is 11.4 Å². The summed E-state index contributed by atoms with van der Waals surface area (Å²) >= 11 is 0. The van der Waals surface area contributed by atoms with E-state index in [9.17, 15) is 4.39 Å². The molecule has 0 spiro atoms. The average Bonchev–Trinajstić information content (AvgIpc) is 2.37. The third-order valence-corrected chi connectivity index (χ3v) is 2.75. The van der Waals surface area contributed by atoms with Gasteiger partial charge in [-0.1, -0.05) is 6.07 Å². The summed E-state index contributed by atoms with van der Waals surface area (Å²) in [5.41, 5.74) is 8.99. The van der Waals surface area contributed by atoms with Gasteiger partial charge in [-0.3, -0.25) is 0 Å². The molecule has 2 aromatic carbocycles. The average molecular weight is 241 g/mol. The molecule has 90 valence electrons. The molecule has 0 atom stereocenters. The van der Waals surface area contributed by atoms with E-state index < -0.39 is 5.82 Å². The SMILES string of the molecule is Cc1c(N)cccc1Nc1ccc(F)cc1C#N. The van der Waals surface area contributed by atoms with Crippen LogP contribution in [0.15, 0.2) is 36.4 Å². The van der Waals surface area contributed by atoms with Crippen molar-refractivity contribution < 1.29 is 4.39 Å². The van der Waals surface area contributed by atoms with Crippen LogP contribution in [0.1, 0.15) is 11.1 Å². The Balaban J connectivity index is 2.41. The number of anilines is 3. The Bertz CT molecular complexity index is 629. The fourth-order valence-corrected chi connectivity index (χ4v) is 1.65. The molecule has 0 aliphatic carbocycles. The summed E-state index contributed by atoms with van der Waals surface area (Å²) in [7, 11) is 0. The van der Waals surface area contributed by atoms with E-state index in [1.807, 2.05) is 25.1 Å². The summed E-state index contributed by atoms with van der Waals surface area (Å²) in [6.45, 7) is 1.88. The van der Waals surface area contributed by atoms with Crippen molar-refractivity contribution in [2.45, 2.75) is 6.92 Å². The minimum atomic E-state index is -0.429. The summed E-state index contributed by atoms with van der Waals surface area (Å²) in [6.07, 6.45) is 0. The minimum Gasteiger partial charge on any atom is -0.398 e. The van der Waals surface area contributed by atoms with Crippen LogP contribution in [0.4, 0.5) is 21.5 Å². The Kier molecular flexibility index (Phi) is 3.16. The third kappa shape index (κ3) is 2.25. The van der Waals surface area contributed by atoms with Crippen molar-refractivity contribution >= 4 is 17.1 Å². The molecule has 18 heavy (non-hydrogen) atoms. The smallest absolute Gasteiger partial charge is 0.124 e. The Labute approximate surface area is 105 Å². The highest BCUT2D eigenvalue weighted by atomic mass is 19.1.